The molecule has 6 heteroatoms. The van der Waals surface area contributed by atoms with Crippen LogP contribution in [0.5, 0.6) is 0 Å². The van der Waals surface area contributed by atoms with E-state index in [0.717, 1.165) is 71.9 Å². The first-order valence-electron chi connectivity index (χ1n) is 18.2. The third-order valence-corrected chi connectivity index (χ3v) is 10.4. The van der Waals surface area contributed by atoms with Crippen LogP contribution in [0.4, 0.5) is 0 Å². The summed E-state index contributed by atoms with van der Waals surface area (Å²) in [6.45, 7) is 0. The van der Waals surface area contributed by atoms with Crippen LogP contribution in [0.1, 0.15) is 110 Å². The Kier molecular flexibility index (Phi) is 10.9. The summed E-state index contributed by atoms with van der Waals surface area (Å²) in [7, 11) is 0. The molecule has 6 nitrogen and oxygen atoms in total. The zero-order valence-electron chi connectivity index (χ0n) is 28.0. The fraction of sp³-hybridized carbons (Fsp3) is 0.429. The van der Waals surface area contributed by atoms with Crippen molar-refractivity contribution in [2.75, 3.05) is 0 Å². The van der Waals surface area contributed by atoms with E-state index < -0.39 is 0 Å². The van der Waals surface area contributed by atoms with E-state index in [9.17, 15) is 0 Å². The average molecular weight is 637 g/mol. The molecule has 3 aromatic carbocycles. The number of nitrogens with zero attached hydrogens (tertiary/aromatic N) is 6. The molecule has 6 atom stereocenters. The Labute approximate surface area is 286 Å². The fourth-order valence-corrected chi connectivity index (χ4v) is 7.41. The molecule has 3 aromatic rings. The van der Waals surface area contributed by atoms with E-state index in [1.165, 1.54) is 38.5 Å². The smallest absolute Gasteiger partial charge is 0.0723 e. The van der Waals surface area contributed by atoms with Crippen LogP contribution >= 0.6 is 0 Å². The molecule has 0 amide bonds. The van der Waals surface area contributed by atoms with Crippen LogP contribution in [-0.2, 0) is 0 Å². The molecule has 0 unspecified atom stereocenters. The zero-order valence-corrected chi connectivity index (χ0v) is 28.0. The van der Waals surface area contributed by atoms with E-state index in [1.54, 1.807) is 0 Å². The van der Waals surface area contributed by atoms with Gasteiger partial charge < -0.3 is 0 Å². The number of fused-ring (bicyclic) bond motifs is 3. The van der Waals surface area contributed by atoms with Crippen molar-refractivity contribution in [3.63, 3.8) is 0 Å². The summed E-state index contributed by atoms with van der Waals surface area (Å²) >= 11 is 0. The maximum Gasteiger partial charge on any atom is 0.0723 e. The topological polar surface area (TPSA) is 74.2 Å². The van der Waals surface area contributed by atoms with Gasteiger partial charge in [-0.05, 0) is 71.9 Å². The van der Waals surface area contributed by atoms with Crippen molar-refractivity contribution >= 4 is 37.3 Å². The molecular formula is C42H48N6. The van der Waals surface area contributed by atoms with Crippen LogP contribution in [0.15, 0.2) is 103 Å². The molecule has 4 heterocycles. The minimum atomic E-state index is 0.218. The Morgan fingerprint density at radius 2 is 0.396 bits per heavy atom. The van der Waals surface area contributed by atoms with Crippen molar-refractivity contribution in [3.8, 4) is 0 Å². The molecule has 0 saturated heterocycles. The van der Waals surface area contributed by atoms with Crippen molar-refractivity contribution in [3.05, 3.63) is 106 Å². The third kappa shape index (κ3) is 8.77. The Bertz CT molecular complexity index is 1330. The number of hydrogen-bond donors (Lipinski definition) is 0. The summed E-state index contributed by atoms with van der Waals surface area (Å²) in [4.78, 5) is 30.2. The number of hydrogen-bond acceptors (Lipinski definition) is 6. The SMILES string of the molecule is C1=N[C@H]2CCCC[C@@H]2N=Cc2ccc(cc2)C=N[C@@H]2CCCC[C@H]2N=Cc2ccc(cc2)C=N[C@@H]2CCCC[C@H]2N=Cc2ccc1cc2. The molecule has 0 aromatic heterocycles. The largest absolute Gasteiger partial charge is 0.287 e. The third-order valence-electron chi connectivity index (χ3n) is 10.4. The first-order chi connectivity index (χ1) is 23.7. The van der Waals surface area contributed by atoms with Crippen molar-refractivity contribution in [2.24, 2.45) is 30.0 Å². The molecule has 10 rings (SSSR count). The molecule has 0 spiro atoms. The quantitative estimate of drug-likeness (QED) is 0.237. The van der Waals surface area contributed by atoms with Crippen molar-refractivity contribution < 1.29 is 0 Å². The maximum absolute atomic E-state index is 5.04. The predicted molar refractivity (Wildman–Crippen MR) is 203 cm³/mol. The molecule has 3 aliphatic carbocycles. The maximum atomic E-state index is 5.04. The van der Waals surface area contributed by atoms with E-state index in [1.807, 2.05) is 37.3 Å². The fourth-order valence-electron chi connectivity index (χ4n) is 7.41. The molecule has 246 valence electrons. The van der Waals surface area contributed by atoms with E-state index in [0.29, 0.717) is 0 Å². The van der Waals surface area contributed by atoms with Gasteiger partial charge in [-0.25, -0.2) is 0 Å². The summed E-state index contributed by atoms with van der Waals surface area (Å²) < 4.78 is 0. The van der Waals surface area contributed by atoms with E-state index in [4.69, 9.17) is 30.0 Å². The van der Waals surface area contributed by atoms with Gasteiger partial charge in [0.05, 0.1) is 36.3 Å². The average Bonchev–Trinajstić information content (AvgIpc) is 3.15. The first kappa shape index (κ1) is 32.2. The van der Waals surface area contributed by atoms with Gasteiger partial charge in [-0.3, -0.25) is 30.0 Å². The van der Waals surface area contributed by atoms with Crippen molar-refractivity contribution in [1.82, 2.24) is 0 Å². The molecule has 3 fully saturated rings. The standard InChI is InChI=1S/C42H48N6/c1-2-8-38-37(7-1)43-25-31-13-15-33(16-14-31)27-45-39-9-3-4-10-40(39)47-29-35-21-23-36(24-22-35)30-48-42-12-6-5-11-41(42)46-28-34-19-17-32(18-20-34)26-44-38/h13-30,37-42H,1-12H2/t37-,38-,39-,40-,41+,42+/m1/s1. The van der Waals surface area contributed by atoms with Gasteiger partial charge in [-0.1, -0.05) is 111 Å². The van der Waals surface area contributed by atoms with Crippen LogP contribution in [0.3, 0.4) is 0 Å². The van der Waals surface area contributed by atoms with E-state index >= 15 is 0 Å². The molecule has 0 radical (unpaired) electrons. The second kappa shape index (κ2) is 16.2. The van der Waals surface area contributed by atoms with E-state index in [2.05, 4.69) is 72.8 Å². The molecular weight excluding hydrogens is 589 g/mol. The normalized spacial score (nSPS) is 27.8. The second-order valence-electron chi connectivity index (χ2n) is 13.9. The molecule has 48 heavy (non-hydrogen) atoms. The van der Waals surface area contributed by atoms with Gasteiger partial charge in [0.1, 0.15) is 0 Å². The van der Waals surface area contributed by atoms with Crippen LogP contribution < -0.4 is 0 Å². The molecule has 4 aliphatic heterocycles. The van der Waals surface area contributed by atoms with Gasteiger partial charge in [0.25, 0.3) is 0 Å². The lowest BCUT2D eigenvalue weighted by Crippen LogP contribution is -2.27. The Morgan fingerprint density at radius 1 is 0.250 bits per heavy atom. The summed E-state index contributed by atoms with van der Waals surface area (Å²) in [6, 6.07) is 27.1. The van der Waals surface area contributed by atoms with E-state index in [-0.39, 0.29) is 36.3 Å². The summed E-state index contributed by atoms with van der Waals surface area (Å²) in [5.41, 5.74) is 6.72. The van der Waals surface area contributed by atoms with Crippen LogP contribution in [0.25, 0.3) is 0 Å². The summed E-state index contributed by atoms with van der Waals surface area (Å²) in [5.74, 6) is 0. The number of aliphatic imine (C=N–C) groups is 6. The van der Waals surface area contributed by atoms with Gasteiger partial charge in [0.2, 0.25) is 0 Å². The highest BCUT2D eigenvalue weighted by Crippen LogP contribution is 2.26. The molecule has 0 N–H and O–H groups in total. The van der Waals surface area contributed by atoms with Crippen LogP contribution in [0, 0.1) is 0 Å². The van der Waals surface area contributed by atoms with Gasteiger partial charge >= 0.3 is 0 Å². The molecule has 6 bridgehead atoms. The minimum Gasteiger partial charge on any atom is -0.287 e. The predicted octanol–water partition coefficient (Wildman–Crippen LogP) is 8.55. The highest BCUT2D eigenvalue weighted by atomic mass is 14.9. The number of benzene rings is 3. The minimum absolute atomic E-state index is 0.218. The van der Waals surface area contributed by atoms with Crippen LogP contribution in [0.2, 0.25) is 0 Å². The Hall–Kier alpha value is -4.32. The highest BCUT2D eigenvalue weighted by molar-refractivity contribution is 5.86. The van der Waals surface area contributed by atoms with Gasteiger partial charge in [0, 0.05) is 37.3 Å². The molecule has 3 saturated carbocycles. The number of rotatable bonds is 0. The lowest BCUT2D eigenvalue weighted by atomic mass is 9.91. The molecule has 7 aliphatic rings. The Balaban J connectivity index is 1.15. The lowest BCUT2D eigenvalue weighted by molar-refractivity contribution is 0.390. The monoisotopic (exact) mass is 636 g/mol. The summed E-state index contributed by atoms with van der Waals surface area (Å²) in [6.07, 6.45) is 26.0. The second-order valence-corrected chi connectivity index (χ2v) is 13.9. The zero-order chi connectivity index (χ0) is 32.4. The lowest BCUT2D eigenvalue weighted by Gasteiger charge is -2.25. The van der Waals surface area contributed by atoms with Gasteiger partial charge in [-0.2, -0.15) is 0 Å². The Morgan fingerprint density at radius 3 is 0.542 bits per heavy atom. The highest BCUT2D eigenvalue weighted by Gasteiger charge is 2.25. The van der Waals surface area contributed by atoms with Crippen molar-refractivity contribution in [2.45, 2.75) is 113 Å². The first-order valence-corrected chi connectivity index (χ1v) is 18.2. The van der Waals surface area contributed by atoms with Crippen LogP contribution in [-0.4, -0.2) is 73.5 Å². The van der Waals surface area contributed by atoms with Gasteiger partial charge in [0.15, 0.2) is 0 Å². The summed E-state index contributed by atoms with van der Waals surface area (Å²) in [5, 5.41) is 0. The van der Waals surface area contributed by atoms with Crippen molar-refractivity contribution in [1.29, 1.82) is 0 Å². The van der Waals surface area contributed by atoms with Gasteiger partial charge in [-0.15, -0.1) is 0 Å².